The summed E-state index contributed by atoms with van der Waals surface area (Å²) in [6.45, 7) is 60.2. The first kappa shape index (κ1) is 91.7. The minimum atomic E-state index is -0.216. The van der Waals surface area contributed by atoms with E-state index in [-0.39, 0.29) is 12.0 Å². The molecule has 686 valence electrons. The zero-order valence-electron chi connectivity index (χ0n) is 90.8. The van der Waals surface area contributed by atoms with Gasteiger partial charge in [0.15, 0.2) is 23.3 Å². The lowest BCUT2D eigenvalue weighted by Crippen LogP contribution is -2.35. The Morgan fingerprint density at radius 1 is 0.263 bits per heavy atom. The van der Waals surface area contributed by atoms with Crippen LogP contribution in [0.5, 0.6) is 0 Å². The molecule has 0 spiro atoms. The highest BCUT2D eigenvalue weighted by Crippen LogP contribution is 2.45. The van der Waals surface area contributed by atoms with Crippen LogP contribution in [0, 0.1) is 115 Å². The van der Waals surface area contributed by atoms with Crippen molar-refractivity contribution < 1.29 is 29.5 Å². The average molecular weight is 1770 g/mol. The van der Waals surface area contributed by atoms with Crippen molar-refractivity contribution in [2.45, 2.75) is 217 Å². The van der Waals surface area contributed by atoms with E-state index < -0.39 is 0 Å². The fourth-order valence-corrected chi connectivity index (χ4v) is 22.3. The number of hydrogen-bond donors (Lipinski definition) is 0. The third-order valence-electron chi connectivity index (χ3n) is 28.6. The number of benzene rings is 12. The van der Waals surface area contributed by atoms with Crippen LogP contribution in [0.1, 0.15) is 239 Å². The van der Waals surface area contributed by atoms with E-state index >= 15 is 4.39 Å². The molecular formula is C128H151FN4+4. The molecule has 0 saturated heterocycles. The molecule has 0 unspecified atom stereocenters. The van der Waals surface area contributed by atoms with Gasteiger partial charge in [-0.2, -0.15) is 13.7 Å². The number of halogens is 1. The van der Waals surface area contributed by atoms with Crippen LogP contribution in [-0.4, -0.2) is 0 Å². The van der Waals surface area contributed by atoms with Crippen LogP contribution in [0.2, 0.25) is 0 Å². The largest absolute Gasteiger partial charge is 0.220 e. The number of rotatable bonds is 21. The Hall–Kier alpha value is -11.8. The van der Waals surface area contributed by atoms with Gasteiger partial charge in [0.2, 0.25) is 22.8 Å². The van der Waals surface area contributed by atoms with Gasteiger partial charge in [0.25, 0.3) is 0 Å². The molecule has 4 aromatic heterocycles. The van der Waals surface area contributed by atoms with Crippen molar-refractivity contribution in [2.75, 3.05) is 0 Å². The van der Waals surface area contributed by atoms with E-state index in [2.05, 4.69) is 395 Å². The van der Waals surface area contributed by atoms with E-state index in [1.54, 1.807) is 6.07 Å². The zero-order chi connectivity index (χ0) is 101. The van der Waals surface area contributed by atoms with Crippen LogP contribution in [0.4, 0.5) is 4.39 Å². The topological polar surface area (TPSA) is 15.5 Å². The molecule has 12 aromatic carbocycles. The smallest absolute Gasteiger partial charge is 0.206 e. The molecule has 0 radical (unpaired) electrons. The fraction of sp³-hybridized carbons (Fsp3) is 0.344. The Morgan fingerprint density at radius 3 is 0.977 bits per heavy atom. The SMILES string of the molecule is [2H]c1c(C)[n+](C)c(-c2cc(-c3ccccc3)c(F)cc2C)c2ccc(C(C(C)C)C(C)C)cc12.[2H]c1c(C)[n+](C)c(-c2ccc(-c3c(C)cccc3C)cc2C)c2ccc(C(C(C)C)C(C)C)cc12.[2H]c1c(C)[n+](C)c(-c2ccc(-c3ccccc3)cc2C)c2ccc(C(C(C)C)C(C)C)cc12.[2H]c1c([2H])[n+](C)c(-c2cc(-c3ccccc3)cc(C(C)C)c2C)c2ccc(C(C(C)C)C(C)C)cc12. The predicted octanol–water partition coefficient (Wildman–Crippen LogP) is 33.6. The second kappa shape index (κ2) is 42.2. The highest BCUT2D eigenvalue weighted by Gasteiger charge is 2.31. The number of hydrogen-bond acceptors (Lipinski definition) is 0. The number of fused-ring (bicyclic) bond motifs is 4. The summed E-state index contributed by atoms with van der Waals surface area (Å²) in [6, 6.07) is 88.1. The summed E-state index contributed by atoms with van der Waals surface area (Å²) in [5, 5.41) is 8.30. The van der Waals surface area contributed by atoms with E-state index in [1.165, 1.54) is 112 Å². The molecule has 0 aliphatic rings. The second-order valence-corrected chi connectivity index (χ2v) is 41.2. The molecule has 16 aromatic rings. The number of aromatic nitrogens is 4. The predicted molar refractivity (Wildman–Crippen MR) is 570 cm³/mol. The van der Waals surface area contributed by atoms with Gasteiger partial charge in [-0.25, -0.2) is 8.96 Å². The van der Waals surface area contributed by atoms with Crippen LogP contribution < -0.4 is 18.3 Å². The quantitative estimate of drug-likeness (QED) is 0.0637. The molecule has 4 heterocycles. The van der Waals surface area contributed by atoms with Gasteiger partial charge in [0, 0.05) is 61.6 Å². The maximum Gasteiger partial charge on any atom is 0.220 e. The first-order valence-electron chi connectivity index (χ1n) is 51.5. The molecule has 0 atom stereocenters. The van der Waals surface area contributed by atoms with Gasteiger partial charge in [0.1, 0.15) is 35.4 Å². The minimum Gasteiger partial charge on any atom is -0.206 e. The lowest BCUT2D eigenvalue weighted by molar-refractivity contribution is -0.665. The normalized spacial score (nSPS) is 12.4. The first-order chi connectivity index (χ1) is 65.4. The van der Waals surface area contributed by atoms with Gasteiger partial charge >= 0.3 is 0 Å². The highest BCUT2D eigenvalue weighted by molar-refractivity contribution is 5.99. The van der Waals surface area contributed by atoms with Gasteiger partial charge in [-0.1, -0.05) is 313 Å². The molecule has 0 aliphatic heterocycles. The standard InChI is InChI=1S/2C33H40N.C31H35FN.C31H36N/c1-20(2)31(21(3)4)27-14-16-30-28(19-27)18-25(8)34(9)33(30)29-15-13-26(17-24(29)7)32-22(5)11-10-12-23(32)6;1-21(2)30-19-28(25-12-10-9-11-13-25)20-31(24(30)7)33-29-15-14-27(32(22(3)4)23(5)6)18-26(29)16-17-34(33)8;1-19(2)30(20(3)4)24-13-14-26-25(17-24)16-22(6)33(7)31(26)27-18-28(29(32)15-21(27)5)23-11-9-8-10-12-23;1-20(2)30(21(3)4)26-14-16-29-27(19-26)18-23(6)32(7)31(29)28-15-13-25(17-22(28)5)24-11-9-8-10-12-24/h10-21,31H,1-9H3;9-23,32H,1-8H3;8-20,30H,1-7H3;8-21,30H,1-7H3/q4*+1/i18D;16D,17D;16D;18D. The Balaban J connectivity index is 0.000000155. The molecule has 0 amide bonds. The highest BCUT2D eigenvalue weighted by atomic mass is 19.1. The molecule has 5 heteroatoms. The van der Waals surface area contributed by atoms with E-state index in [1.807, 2.05) is 75.0 Å². The van der Waals surface area contributed by atoms with E-state index in [4.69, 9.17) is 6.85 Å². The van der Waals surface area contributed by atoms with Crippen molar-refractivity contribution in [3.05, 3.63) is 357 Å². The second-order valence-electron chi connectivity index (χ2n) is 41.2. The first-order valence-corrected chi connectivity index (χ1v) is 49.0. The van der Waals surface area contributed by atoms with Gasteiger partial charge < -0.3 is 0 Å². The molecule has 0 saturated carbocycles. The van der Waals surface area contributed by atoms with E-state index in [0.717, 1.165) is 93.8 Å². The van der Waals surface area contributed by atoms with Crippen molar-refractivity contribution in [2.24, 2.45) is 75.5 Å². The summed E-state index contributed by atoms with van der Waals surface area (Å²) < 4.78 is 68.0. The summed E-state index contributed by atoms with van der Waals surface area (Å²) in [6.07, 6.45) is 0.246. The molecule has 4 nitrogen and oxygen atoms in total. The summed E-state index contributed by atoms with van der Waals surface area (Å²) in [4.78, 5) is 0. The molecule has 0 fully saturated rings. The van der Waals surface area contributed by atoms with Crippen molar-refractivity contribution in [1.29, 1.82) is 0 Å². The van der Waals surface area contributed by atoms with Gasteiger partial charge in [-0.3, -0.25) is 0 Å². The maximum atomic E-state index is 15.0. The van der Waals surface area contributed by atoms with Crippen LogP contribution in [0.3, 0.4) is 0 Å². The number of pyridine rings is 4. The van der Waals surface area contributed by atoms with Crippen molar-refractivity contribution in [3.8, 4) is 89.5 Å². The van der Waals surface area contributed by atoms with Crippen LogP contribution in [-0.2, 0) is 28.2 Å². The van der Waals surface area contributed by atoms with Crippen molar-refractivity contribution in [1.82, 2.24) is 0 Å². The lowest BCUT2D eigenvalue weighted by atomic mass is 9.79. The van der Waals surface area contributed by atoms with Gasteiger partial charge in [-0.15, -0.1) is 0 Å². The monoisotopic (exact) mass is 1770 g/mol. The van der Waals surface area contributed by atoms with E-state index in [9.17, 15) is 0 Å². The fourth-order valence-electron chi connectivity index (χ4n) is 22.3. The van der Waals surface area contributed by atoms with Crippen LogP contribution >= 0.6 is 0 Å². The average Bonchev–Trinajstić information content (AvgIpc) is 0.754. The van der Waals surface area contributed by atoms with Gasteiger partial charge in [0.05, 0.1) is 38.2 Å². The molecule has 0 bridgehead atoms. The van der Waals surface area contributed by atoms with Gasteiger partial charge in [-0.05, 0) is 295 Å². The Bertz CT molecular complexity index is 7130. The Kier molecular flexibility index (Phi) is 29.1. The van der Waals surface area contributed by atoms with Crippen LogP contribution in [0.25, 0.3) is 133 Å². The lowest BCUT2D eigenvalue weighted by Gasteiger charge is -2.25. The summed E-state index contributed by atoms with van der Waals surface area (Å²) >= 11 is 0. The molecule has 0 aliphatic carbocycles. The van der Waals surface area contributed by atoms with Crippen molar-refractivity contribution >= 4 is 43.1 Å². The van der Waals surface area contributed by atoms with E-state index in [0.29, 0.717) is 107 Å². The zero-order valence-corrected chi connectivity index (χ0v) is 85.8. The maximum absolute atomic E-state index is 15.0. The third kappa shape index (κ3) is 21.2. The summed E-state index contributed by atoms with van der Waals surface area (Å²) in [7, 11) is 8.12. The molecule has 16 rings (SSSR count). The number of nitrogens with zero attached hydrogens (tertiary/aromatic N) is 4. The van der Waals surface area contributed by atoms with Crippen molar-refractivity contribution in [3.63, 3.8) is 0 Å². The molecule has 0 N–H and O–H groups in total. The summed E-state index contributed by atoms with van der Waals surface area (Å²) in [5.74, 6) is 6.24. The minimum absolute atomic E-state index is 0.216. The van der Waals surface area contributed by atoms with Crippen LogP contribution in [0.15, 0.2) is 273 Å². The summed E-state index contributed by atoms with van der Waals surface area (Å²) in [5.41, 5.74) is 34.6. The molecular weight excluding hydrogens is 1610 g/mol. The Labute approximate surface area is 806 Å². The Morgan fingerprint density at radius 2 is 0.602 bits per heavy atom. The third-order valence-corrected chi connectivity index (χ3v) is 28.6. The number of aryl methyl sites for hydroxylation is 5. The molecule has 133 heavy (non-hydrogen) atoms.